The second-order valence-electron chi connectivity index (χ2n) is 6.49. The van der Waals surface area contributed by atoms with Crippen LogP contribution in [0.15, 0.2) is 43.1 Å². The number of fused-ring (bicyclic) bond motifs is 1. The number of rotatable bonds is 4. The Morgan fingerprint density at radius 2 is 1.96 bits per heavy atom. The third-order valence-corrected chi connectivity index (χ3v) is 4.91. The van der Waals surface area contributed by atoms with Crippen LogP contribution in [0.3, 0.4) is 0 Å². The minimum atomic E-state index is 0.124. The molecule has 0 spiro atoms. The fourth-order valence-electron chi connectivity index (χ4n) is 3.34. The molecule has 1 saturated heterocycles. The summed E-state index contributed by atoms with van der Waals surface area (Å²) in [6.45, 7) is 5.08. The highest BCUT2D eigenvalue weighted by Gasteiger charge is 2.22. The van der Waals surface area contributed by atoms with E-state index in [0.29, 0.717) is 0 Å². The van der Waals surface area contributed by atoms with Crippen LogP contribution in [0.25, 0.3) is 10.9 Å². The van der Waals surface area contributed by atoms with Crippen LogP contribution in [0.1, 0.15) is 10.4 Å². The molecular formula is C18H22N6O. The van der Waals surface area contributed by atoms with Crippen molar-refractivity contribution in [3.8, 4) is 0 Å². The zero-order valence-corrected chi connectivity index (χ0v) is 14.4. The van der Waals surface area contributed by atoms with E-state index >= 15 is 0 Å². The Bertz CT molecular complexity index is 861. The van der Waals surface area contributed by atoms with Crippen molar-refractivity contribution in [1.29, 1.82) is 0 Å². The van der Waals surface area contributed by atoms with Gasteiger partial charge in [-0.15, -0.1) is 0 Å². The molecule has 1 aliphatic heterocycles. The number of aromatic nitrogens is 4. The Morgan fingerprint density at radius 3 is 2.72 bits per heavy atom. The first-order chi connectivity index (χ1) is 12.2. The molecule has 7 nitrogen and oxygen atoms in total. The van der Waals surface area contributed by atoms with Crippen LogP contribution in [0.2, 0.25) is 0 Å². The minimum Gasteiger partial charge on any atom is -0.351 e. The Balaban J connectivity index is 1.36. The van der Waals surface area contributed by atoms with Crippen molar-refractivity contribution in [3.05, 3.63) is 48.7 Å². The summed E-state index contributed by atoms with van der Waals surface area (Å²) in [6.07, 6.45) is 5.31. The van der Waals surface area contributed by atoms with Gasteiger partial charge >= 0.3 is 0 Å². The number of carbonyl (C=O) groups excluding carboxylic acids is 1. The van der Waals surface area contributed by atoms with Gasteiger partial charge in [-0.05, 0) is 23.6 Å². The van der Waals surface area contributed by atoms with Gasteiger partial charge in [0.1, 0.15) is 12.7 Å². The summed E-state index contributed by atoms with van der Waals surface area (Å²) in [6, 6.07) is 8.02. The fraction of sp³-hybridized carbons (Fsp3) is 0.389. The molecule has 1 fully saturated rings. The number of carbonyl (C=O) groups is 1. The van der Waals surface area contributed by atoms with Crippen LogP contribution in [0.5, 0.6) is 0 Å². The lowest BCUT2D eigenvalue weighted by atomic mass is 10.1. The van der Waals surface area contributed by atoms with Crippen molar-refractivity contribution in [1.82, 2.24) is 29.1 Å². The smallest absolute Gasteiger partial charge is 0.254 e. The van der Waals surface area contributed by atoms with E-state index in [-0.39, 0.29) is 5.91 Å². The van der Waals surface area contributed by atoms with Crippen LogP contribution < -0.4 is 0 Å². The SMILES string of the molecule is Cn1ccc2ccc(C(=O)N3CCN(CCn4cncn4)CC3)cc21. The van der Waals surface area contributed by atoms with Crippen molar-refractivity contribution in [2.24, 2.45) is 7.05 Å². The van der Waals surface area contributed by atoms with Gasteiger partial charge in [0.15, 0.2) is 0 Å². The van der Waals surface area contributed by atoms with Gasteiger partial charge in [-0.1, -0.05) is 6.07 Å². The third-order valence-electron chi connectivity index (χ3n) is 4.91. The molecule has 25 heavy (non-hydrogen) atoms. The molecule has 0 unspecified atom stereocenters. The minimum absolute atomic E-state index is 0.124. The van der Waals surface area contributed by atoms with Crippen molar-refractivity contribution in [3.63, 3.8) is 0 Å². The van der Waals surface area contributed by atoms with Crippen molar-refractivity contribution < 1.29 is 4.79 Å². The Hall–Kier alpha value is -2.67. The summed E-state index contributed by atoms with van der Waals surface area (Å²) in [7, 11) is 2.00. The maximum atomic E-state index is 12.8. The van der Waals surface area contributed by atoms with Crippen molar-refractivity contribution >= 4 is 16.8 Å². The normalized spacial score (nSPS) is 15.8. The maximum Gasteiger partial charge on any atom is 0.254 e. The molecule has 3 aromatic rings. The molecule has 0 aliphatic carbocycles. The molecule has 3 heterocycles. The molecule has 130 valence electrons. The fourth-order valence-corrected chi connectivity index (χ4v) is 3.34. The van der Waals surface area contributed by atoms with E-state index in [2.05, 4.69) is 21.0 Å². The monoisotopic (exact) mass is 338 g/mol. The highest BCUT2D eigenvalue weighted by molar-refractivity contribution is 5.98. The predicted octanol–water partition coefficient (Wildman–Crippen LogP) is 1.23. The number of nitrogens with zero attached hydrogens (tertiary/aromatic N) is 6. The molecule has 0 radical (unpaired) electrons. The van der Waals surface area contributed by atoms with Gasteiger partial charge in [-0.25, -0.2) is 4.98 Å². The van der Waals surface area contributed by atoms with E-state index in [0.717, 1.165) is 55.7 Å². The lowest BCUT2D eigenvalue weighted by Crippen LogP contribution is -2.49. The van der Waals surface area contributed by atoms with Gasteiger partial charge in [-0.2, -0.15) is 5.10 Å². The molecule has 1 aromatic carbocycles. The van der Waals surface area contributed by atoms with E-state index in [4.69, 9.17) is 0 Å². The summed E-state index contributed by atoms with van der Waals surface area (Å²) in [5.74, 6) is 0.124. The summed E-state index contributed by atoms with van der Waals surface area (Å²) < 4.78 is 3.89. The summed E-state index contributed by atoms with van der Waals surface area (Å²) in [5, 5.41) is 5.29. The van der Waals surface area contributed by atoms with Gasteiger partial charge in [0.05, 0.1) is 6.54 Å². The van der Waals surface area contributed by atoms with E-state index < -0.39 is 0 Å². The van der Waals surface area contributed by atoms with Crippen LogP contribution in [-0.4, -0.2) is 67.8 Å². The van der Waals surface area contributed by atoms with Gasteiger partial charge in [0, 0.05) is 57.0 Å². The van der Waals surface area contributed by atoms with E-state index in [1.807, 2.05) is 45.6 Å². The topological polar surface area (TPSA) is 59.2 Å². The van der Waals surface area contributed by atoms with Crippen LogP contribution >= 0.6 is 0 Å². The predicted molar refractivity (Wildman–Crippen MR) is 95.3 cm³/mol. The van der Waals surface area contributed by atoms with Crippen molar-refractivity contribution in [2.45, 2.75) is 6.54 Å². The number of benzene rings is 1. The first-order valence-corrected chi connectivity index (χ1v) is 8.60. The highest BCUT2D eigenvalue weighted by Crippen LogP contribution is 2.18. The summed E-state index contributed by atoms with van der Waals surface area (Å²) in [5.41, 5.74) is 1.86. The Morgan fingerprint density at radius 1 is 1.12 bits per heavy atom. The number of hydrogen-bond donors (Lipinski definition) is 0. The second-order valence-corrected chi connectivity index (χ2v) is 6.49. The molecule has 1 aliphatic rings. The first-order valence-electron chi connectivity index (χ1n) is 8.60. The molecule has 4 rings (SSSR count). The molecule has 0 bridgehead atoms. The molecule has 0 N–H and O–H groups in total. The van der Waals surface area contributed by atoms with E-state index in [1.54, 1.807) is 12.7 Å². The standard InChI is InChI=1S/C18H22N6O/c1-21-5-4-15-2-3-16(12-17(15)21)18(25)23-9-6-22(7-10-23)8-11-24-14-19-13-20-24/h2-5,12-14H,6-11H2,1H3. The maximum absolute atomic E-state index is 12.8. The lowest BCUT2D eigenvalue weighted by Gasteiger charge is -2.34. The molecule has 2 aromatic heterocycles. The Labute approximate surface area is 146 Å². The number of amides is 1. The van der Waals surface area contributed by atoms with Crippen LogP contribution in [0.4, 0.5) is 0 Å². The van der Waals surface area contributed by atoms with Gasteiger partial charge < -0.3 is 9.47 Å². The van der Waals surface area contributed by atoms with Crippen LogP contribution in [-0.2, 0) is 13.6 Å². The van der Waals surface area contributed by atoms with E-state index in [9.17, 15) is 4.79 Å². The Kier molecular flexibility index (Phi) is 4.23. The number of hydrogen-bond acceptors (Lipinski definition) is 4. The zero-order chi connectivity index (χ0) is 17.2. The number of piperazine rings is 1. The molecule has 7 heteroatoms. The van der Waals surface area contributed by atoms with Gasteiger partial charge in [0.2, 0.25) is 0 Å². The summed E-state index contributed by atoms with van der Waals surface area (Å²) in [4.78, 5) is 21.1. The van der Waals surface area contributed by atoms with Crippen molar-refractivity contribution in [2.75, 3.05) is 32.7 Å². The average molecular weight is 338 g/mol. The molecular weight excluding hydrogens is 316 g/mol. The number of aryl methyl sites for hydroxylation is 1. The first kappa shape index (κ1) is 15.8. The zero-order valence-electron chi connectivity index (χ0n) is 14.4. The summed E-state index contributed by atoms with van der Waals surface area (Å²) >= 11 is 0. The largest absolute Gasteiger partial charge is 0.351 e. The van der Waals surface area contributed by atoms with E-state index in [1.165, 1.54) is 0 Å². The molecule has 0 atom stereocenters. The second kappa shape index (κ2) is 6.68. The van der Waals surface area contributed by atoms with Crippen LogP contribution in [0, 0.1) is 0 Å². The highest BCUT2D eigenvalue weighted by atomic mass is 16.2. The van der Waals surface area contributed by atoms with Gasteiger partial charge in [0.25, 0.3) is 5.91 Å². The van der Waals surface area contributed by atoms with Gasteiger partial charge in [-0.3, -0.25) is 14.4 Å². The quantitative estimate of drug-likeness (QED) is 0.718. The lowest BCUT2D eigenvalue weighted by molar-refractivity contribution is 0.0632. The molecule has 0 saturated carbocycles. The average Bonchev–Trinajstić information content (AvgIpc) is 3.30. The molecule has 1 amide bonds. The third kappa shape index (κ3) is 3.28.